The number of methoxy groups -OCH3 is 2. The maximum absolute atomic E-state index is 12.1. The molecule has 2 N–H and O–H groups in total. The van der Waals surface area contributed by atoms with Gasteiger partial charge in [-0.25, -0.2) is 14.8 Å². The van der Waals surface area contributed by atoms with Crippen molar-refractivity contribution >= 4 is 28.0 Å². The number of unbranched alkanes of at least 4 members (excludes halogenated alkanes) is 1. The van der Waals surface area contributed by atoms with Crippen LogP contribution in [0.5, 0.6) is 5.75 Å². The highest BCUT2D eigenvalue weighted by atomic mass is 16.5. The van der Waals surface area contributed by atoms with Gasteiger partial charge >= 0.3 is 5.97 Å². The van der Waals surface area contributed by atoms with Crippen LogP contribution >= 0.6 is 0 Å². The molecule has 1 aromatic carbocycles. The molecule has 0 unspecified atom stereocenters. The zero-order valence-electron chi connectivity index (χ0n) is 19.5. The fraction of sp³-hybridized carbons (Fsp3) is 0.320. The molecule has 0 radical (unpaired) electrons. The fourth-order valence-electron chi connectivity index (χ4n) is 4.13. The molecule has 4 rings (SSSR count). The van der Waals surface area contributed by atoms with Crippen molar-refractivity contribution in [3.63, 3.8) is 0 Å². The van der Waals surface area contributed by atoms with Gasteiger partial charge in [0.15, 0.2) is 5.82 Å². The number of benzene rings is 1. The number of carbonyl (C=O) groups excluding carboxylic acids is 1. The van der Waals surface area contributed by atoms with E-state index in [4.69, 9.17) is 25.2 Å². The largest absolute Gasteiger partial charge is 0.494 e. The molecule has 8 nitrogen and oxygen atoms in total. The Hall–Kier alpha value is -3.65. The summed E-state index contributed by atoms with van der Waals surface area (Å²) in [5, 5.41) is 1.02. The van der Waals surface area contributed by atoms with E-state index in [0.717, 1.165) is 53.1 Å². The zero-order valence-corrected chi connectivity index (χ0v) is 19.5. The molecule has 0 spiro atoms. The molecule has 3 heterocycles. The topological polar surface area (TPSA) is 97.2 Å². The van der Waals surface area contributed by atoms with Gasteiger partial charge in [0.1, 0.15) is 16.9 Å². The molecule has 4 aromatic rings. The molecule has 0 saturated carbocycles. The van der Waals surface area contributed by atoms with Crippen LogP contribution in [0.4, 0.5) is 0 Å². The normalized spacial score (nSPS) is 12.3. The number of pyridine rings is 1. The average Bonchev–Trinajstić information content (AvgIpc) is 3.34. The van der Waals surface area contributed by atoms with Crippen molar-refractivity contribution in [2.75, 3.05) is 14.2 Å². The Balaban J connectivity index is 1.96. The van der Waals surface area contributed by atoms with Crippen molar-refractivity contribution in [1.29, 1.82) is 0 Å². The molecule has 1 atom stereocenters. The summed E-state index contributed by atoms with van der Waals surface area (Å²) in [4.78, 5) is 21.9. The van der Waals surface area contributed by atoms with Crippen LogP contribution in [-0.4, -0.2) is 39.3 Å². The number of nitrogens with two attached hydrogens (primary N) is 1. The predicted molar refractivity (Wildman–Crippen MR) is 129 cm³/mol. The number of imidazole rings is 1. The lowest BCUT2D eigenvalue weighted by Crippen LogP contribution is -2.09. The highest BCUT2D eigenvalue weighted by Crippen LogP contribution is 2.34. The van der Waals surface area contributed by atoms with E-state index in [0.29, 0.717) is 16.8 Å². The maximum Gasteiger partial charge on any atom is 0.338 e. The van der Waals surface area contributed by atoms with Crippen LogP contribution in [-0.2, 0) is 18.3 Å². The molecule has 8 heteroatoms. The number of aryl methyl sites for hydroxylation is 2. The van der Waals surface area contributed by atoms with Crippen molar-refractivity contribution in [1.82, 2.24) is 19.1 Å². The lowest BCUT2D eigenvalue weighted by molar-refractivity contribution is 0.0600. The number of allylic oxidation sites excluding steroid dienone is 1. The summed E-state index contributed by atoms with van der Waals surface area (Å²) in [6.07, 6.45) is 3.73. The van der Waals surface area contributed by atoms with Gasteiger partial charge in [0, 0.05) is 25.0 Å². The number of hydrogen-bond donors (Lipinski definition) is 1. The Morgan fingerprint density at radius 2 is 2.03 bits per heavy atom. The lowest BCUT2D eigenvalue weighted by atomic mass is 10.2. The molecular formula is C25H29N5O3. The molecular weight excluding hydrogens is 418 g/mol. The summed E-state index contributed by atoms with van der Waals surface area (Å²) < 4.78 is 14.6. The van der Waals surface area contributed by atoms with E-state index in [-0.39, 0.29) is 6.04 Å². The van der Waals surface area contributed by atoms with Crippen LogP contribution in [0.25, 0.3) is 33.6 Å². The summed E-state index contributed by atoms with van der Waals surface area (Å²) in [5.74, 6) is 0.874. The maximum atomic E-state index is 12.1. The minimum atomic E-state index is -0.437. The van der Waals surface area contributed by atoms with Gasteiger partial charge in [0.25, 0.3) is 0 Å². The Bertz CT molecular complexity index is 1350. The van der Waals surface area contributed by atoms with Crippen LogP contribution in [0.3, 0.4) is 0 Å². The number of carbonyl (C=O) groups is 1. The number of esters is 1. The van der Waals surface area contributed by atoms with Gasteiger partial charge in [0.05, 0.1) is 36.7 Å². The monoisotopic (exact) mass is 447 g/mol. The van der Waals surface area contributed by atoms with Gasteiger partial charge in [-0.05, 0) is 50.1 Å². The first-order chi connectivity index (χ1) is 15.9. The molecule has 172 valence electrons. The van der Waals surface area contributed by atoms with Gasteiger partial charge < -0.3 is 24.3 Å². The van der Waals surface area contributed by atoms with E-state index < -0.39 is 5.97 Å². The summed E-state index contributed by atoms with van der Waals surface area (Å²) in [5.41, 5.74) is 10.6. The first kappa shape index (κ1) is 22.5. The second-order valence-corrected chi connectivity index (χ2v) is 8.08. The first-order valence-electron chi connectivity index (χ1n) is 10.9. The summed E-state index contributed by atoms with van der Waals surface area (Å²) in [7, 11) is 4.87. The van der Waals surface area contributed by atoms with E-state index in [2.05, 4.69) is 17.2 Å². The number of ether oxygens (including phenoxy) is 2. The SMILES string of the molecule is C=CCCCn1c(-c2nc3cc(C(=O)OC)cc(OC)c3n2C)cc2ccc([C@@H](C)N)nc21. The average molecular weight is 448 g/mol. The molecule has 0 amide bonds. The Kier molecular flexibility index (Phi) is 6.20. The summed E-state index contributed by atoms with van der Waals surface area (Å²) >= 11 is 0. The van der Waals surface area contributed by atoms with Gasteiger partial charge in [-0.1, -0.05) is 6.08 Å². The zero-order chi connectivity index (χ0) is 23.7. The highest BCUT2D eigenvalue weighted by Gasteiger charge is 2.21. The number of rotatable bonds is 8. The standard InChI is InChI=1S/C25H29N5O3/c1-6-7-8-11-30-20(13-16-9-10-18(15(2)26)27-23(16)30)24-28-19-12-17(25(31)33-5)14-21(32-4)22(19)29(24)3/h6,9-10,12-15H,1,7-8,11,26H2,2-5H3/t15-/m1/s1. The van der Waals surface area contributed by atoms with Crippen molar-refractivity contribution in [2.45, 2.75) is 32.4 Å². The molecule has 0 aliphatic carbocycles. The van der Waals surface area contributed by atoms with Crippen LogP contribution in [0.15, 0.2) is 43.0 Å². The molecule has 3 aromatic heterocycles. The summed E-state index contributed by atoms with van der Waals surface area (Å²) in [6.45, 7) is 6.53. The smallest absolute Gasteiger partial charge is 0.338 e. The Labute approximate surface area is 192 Å². The van der Waals surface area contributed by atoms with Gasteiger partial charge in [-0.3, -0.25) is 0 Å². The number of hydrogen-bond acceptors (Lipinski definition) is 6. The predicted octanol–water partition coefficient (Wildman–Crippen LogP) is 4.37. The van der Waals surface area contributed by atoms with Crippen molar-refractivity contribution in [3.8, 4) is 17.3 Å². The minimum Gasteiger partial charge on any atom is -0.494 e. The quantitative estimate of drug-likeness (QED) is 0.245. The van der Waals surface area contributed by atoms with Crippen LogP contribution < -0.4 is 10.5 Å². The van der Waals surface area contributed by atoms with E-state index in [9.17, 15) is 4.79 Å². The fourth-order valence-corrected chi connectivity index (χ4v) is 4.13. The third-order valence-electron chi connectivity index (χ3n) is 5.83. The van der Waals surface area contributed by atoms with Crippen molar-refractivity contribution in [3.05, 3.63) is 54.2 Å². The van der Waals surface area contributed by atoms with Crippen LogP contribution in [0, 0.1) is 0 Å². The van der Waals surface area contributed by atoms with Crippen molar-refractivity contribution in [2.24, 2.45) is 12.8 Å². The number of aromatic nitrogens is 4. The van der Waals surface area contributed by atoms with Crippen LogP contribution in [0.2, 0.25) is 0 Å². The van der Waals surface area contributed by atoms with E-state index in [1.54, 1.807) is 19.2 Å². The molecule has 0 bridgehead atoms. The Morgan fingerprint density at radius 1 is 1.24 bits per heavy atom. The second-order valence-electron chi connectivity index (χ2n) is 8.08. The third-order valence-corrected chi connectivity index (χ3v) is 5.83. The van der Waals surface area contributed by atoms with Crippen LogP contribution in [0.1, 0.15) is 41.9 Å². The minimum absolute atomic E-state index is 0.161. The van der Waals surface area contributed by atoms with E-state index >= 15 is 0 Å². The lowest BCUT2D eigenvalue weighted by Gasteiger charge is -2.11. The molecule has 0 fully saturated rings. The molecule has 0 aliphatic rings. The molecule has 0 aliphatic heterocycles. The highest BCUT2D eigenvalue weighted by molar-refractivity contribution is 5.97. The van der Waals surface area contributed by atoms with Gasteiger partial charge in [-0.15, -0.1) is 6.58 Å². The van der Waals surface area contributed by atoms with E-state index in [1.165, 1.54) is 7.11 Å². The van der Waals surface area contributed by atoms with Gasteiger partial charge in [0.2, 0.25) is 0 Å². The third kappa shape index (κ3) is 3.98. The first-order valence-corrected chi connectivity index (χ1v) is 10.9. The number of nitrogens with zero attached hydrogens (tertiary/aromatic N) is 4. The van der Waals surface area contributed by atoms with Gasteiger partial charge in [-0.2, -0.15) is 0 Å². The molecule has 33 heavy (non-hydrogen) atoms. The second kappa shape index (κ2) is 9.07. The van der Waals surface area contributed by atoms with Crippen molar-refractivity contribution < 1.29 is 14.3 Å². The summed E-state index contributed by atoms with van der Waals surface area (Å²) in [6, 6.07) is 9.35. The molecule has 0 saturated heterocycles. The number of fused-ring (bicyclic) bond motifs is 2. The Morgan fingerprint density at radius 3 is 2.70 bits per heavy atom. The van der Waals surface area contributed by atoms with E-state index in [1.807, 2.05) is 36.7 Å².